The molecule has 4 atom stereocenters. The van der Waals surface area contributed by atoms with E-state index in [0.29, 0.717) is 34.7 Å². The third-order valence-electron chi connectivity index (χ3n) is 8.30. The standard InChI is InChI=1S/C36H34ClF3O5/c1-2-41-31-16-13-26(18-30(31)38)17-27-19-28(14-15-29(27)37)36-20-32(42-21-24-9-5-3-6-10-24)33(35(45-36,23-44-36)34(39)40)43-22-25-11-7-4-8-12-25/h3-16,18-19,32-34H,2,17,20-23H2,1H3/t32?,33-,35-,36+/m0/s1. The number of rotatable bonds is 12. The van der Waals surface area contributed by atoms with E-state index in [9.17, 15) is 4.39 Å². The van der Waals surface area contributed by atoms with Crippen LogP contribution in [-0.4, -0.2) is 37.4 Å². The van der Waals surface area contributed by atoms with Crippen molar-refractivity contribution in [2.75, 3.05) is 13.2 Å². The summed E-state index contributed by atoms with van der Waals surface area (Å²) in [6.07, 6.45) is -4.44. The molecule has 4 aromatic carbocycles. The summed E-state index contributed by atoms with van der Waals surface area (Å²) < 4.78 is 75.3. The molecule has 2 heterocycles. The minimum absolute atomic E-state index is 0.102. The molecule has 0 N–H and O–H groups in total. The van der Waals surface area contributed by atoms with Gasteiger partial charge >= 0.3 is 0 Å². The normalized spacial score (nSPS) is 24.2. The second kappa shape index (κ2) is 13.5. The Labute approximate surface area is 265 Å². The van der Waals surface area contributed by atoms with E-state index in [4.69, 9.17) is 35.3 Å². The molecule has 45 heavy (non-hydrogen) atoms. The molecule has 2 bridgehead atoms. The SMILES string of the molecule is CCOc1ccc(Cc2cc([C@]34CC(OCc5ccccc5)[C@H](OCc5ccccc5)[C@](C(F)F)(CO3)O4)ccc2Cl)cc1F. The summed E-state index contributed by atoms with van der Waals surface area (Å²) in [7, 11) is 0. The van der Waals surface area contributed by atoms with Crippen LogP contribution in [0.4, 0.5) is 13.2 Å². The van der Waals surface area contributed by atoms with Crippen molar-refractivity contribution in [2.45, 2.75) is 63.0 Å². The van der Waals surface area contributed by atoms with E-state index in [1.54, 1.807) is 37.3 Å². The van der Waals surface area contributed by atoms with Gasteiger partial charge in [0.2, 0.25) is 0 Å². The van der Waals surface area contributed by atoms with Crippen molar-refractivity contribution >= 4 is 11.6 Å². The molecule has 0 amide bonds. The lowest BCUT2D eigenvalue weighted by Gasteiger charge is -2.46. The largest absolute Gasteiger partial charge is 0.491 e. The van der Waals surface area contributed by atoms with E-state index >= 15 is 8.78 Å². The van der Waals surface area contributed by atoms with Gasteiger partial charge in [-0.3, -0.25) is 0 Å². The Morgan fingerprint density at radius 1 is 0.867 bits per heavy atom. The maximum absolute atomic E-state index is 15.1. The molecule has 4 aromatic rings. The second-order valence-electron chi connectivity index (χ2n) is 11.3. The predicted molar refractivity (Wildman–Crippen MR) is 164 cm³/mol. The minimum Gasteiger partial charge on any atom is -0.491 e. The lowest BCUT2D eigenvalue weighted by Crippen LogP contribution is -2.62. The Hall–Kier alpha value is -3.40. The van der Waals surface area contributed by atoms with Gasteiger partial charge in [0, 0.05) is 17.0 Å². The van der Waals surface area contributed by atoms with Crippen molar-refractivity contribution in [1.82, 2.24) is 0 Å². The van der Waals surface area contributed by atoms with Crippen LogP contribution in [0.2, 0.25) is 5.02 Å². The van der Waals surface area contributed by atoms with Crippen LogP contribution in [0.15, 0.2) is 97.1 Å². The fourth-order valence-corrected chi connectivity index (χ4v) is 6.23. The van der Waals surface area contributed by atoms with Gasteiger partial charge in [0.25, 0.3) is 6.43 Å². The summed E-state index contributed by atoms with van der Waals surface area (Å²) >= 11 is 6.59. The number of benzene rings is 4. The van der Waals surface area contributed by atoms with Crippen molar-refractivity contribution < 1.29 is 36.9 Å². The van der Waals surface area contributed by atoms with E-state index in [2.05, 4.69) is 0 Å². The van der Waals surface area contributed by atoms with Crippen LogP contribution >= 0.6 is 11.6 Å². The number of hydrogen-bond donors (Lipinski definition) is 0. The molecule has 2 fully saturated rings. The third-order valence-corrected chi connectivity index (χ3v) is 8.67. The van der Waals surface area contributed by atoms with Gasteiger partial charge in [0.05, 0.1) is 32.5 Å². The van der Waals surface area contributed by atoms with E-state index < -0.39 is 42.4 Å². The van der Waals surface area contributed by atoms with Gasteiger partial charge in [-0.1, -0.05) is 84.4 Å². The van der Waals surface area contributed by atoms with Crippen molar-refractivity contribution in [1.29, 1.82) is 0 Å². The molecule has 5 nitrogen and oxygen atoms in total. The van der Waals surface area contributed by atoms with E-state index in [0.717, 1.165) is 11.1 Å². The first-order valence-corrected chi connectivity index (χ1v) is 15.3. The van der Waals surface area contributed by atoms with Gasteiger partial charge in [-0.15, -0.1) is 0 Å². The zero-order chi connectivity index (χ0) is 31.4. The highest BCUT2D eigenvalue weighted by atomic mass is 35.5. The van der Waals surface area contributed by atoms with Crippen molar-refractivity contribution in [2.24, 2.45) is 0 Å². The van der Waals surface area contributed by atoms with Crippen LogP contribution in [0.3, 0.4) is 0 Å². The van der Waals surface area contributed by atoms with Crippen molar-refractivity contribution in [3.63, 3.8) is 0 Å². The highest BCUT2D eigenvalue weighted by Gasteiger charge is 2.68. The average Bonchev–Trinajstić information content (AvgIpc) is 3.39. The first-order valence-electron chi connectivity index (χ1n) is 15.0. The topological polar surface area (TPSA) is 46.2 Å². The summed E-state index contributed by atoms with van der Waals surface area (Å²) in [5, 5.41) is 0.444. The van der Waals surface area contributed by atoms with Crippen LogP contribution in [0, 0.1) is 5.82 Å². The molecule has 9 heteroatoms. The highest BCUT2D eigenvalue weighted by Crippen LogP contribution is 2.53. The summed E-state index contributed by atoms with van der Waals surface area (Å²) in [6, 6.07) is 28.8. The Bertz CT molecular complexity index is 1590. The average molecular weight is 639 g/mol. The van der Waals surface area contributed by atoms with Gasteiger partial charge in [-0.2, -0.15) is 0 Å². The number of alkyl halides is 2. The predicted octanol–water partition coefficient (Wildman–Crippen LogP) is 8.25. The van der Waals surface area contributed by atoms with E-state index in [1.165, 1.54) is 6.07 Å². The van der Waals surface area contributed by atoms with Crippen molar-refractivity contribution in [3.8, 4) is 5.75 Å². The number of halogens is 4. The zero-order valence-electron chi connectivity index (χ0n) is 24.8. The Morgan fingerprint density at radius 2 is 1.56 bits per heavy atom. The summed E-state index contributed by atoms with van der Waals surface area (Å²) in [5.74, 6) is -1.84. The lowest BCUT2D eigenvalue weighted by molar-refractivity contribution is -0.315. The monoisotopic (exact) mass is 638 g/mol. The van der Waals surface area contributed by atoms with Crippen LogP contribution in [0.1, 0.15) is 41.2 Å². The third kappa shape index (κ3) is 6.62. The number of ether oxygens (including phenoxy) is 5. The lowest BCUT2D eigenvalue weighted by atomic mass is 9.85. The smallest absolute Gasteiger partial charge is 0.272 e. The van der Waals surface area contributed by atoms with Gasteiger partial charge in [-0.25, -0.2) is 13.2 Å². The summed E-state index contributed by atoms with van der Waals surface area (Å²) in [4.78, 5) is 0. The molecule has 1 unspecified atom stereocenters. The molecule has 236 valence electrons. The second-order valence-corrected chi connectivity index (χ2v) is 11.7. The fraction of sp³-hybridized carbons (Fsp3) is 0.333. The van der Waals surface area contributed by atoms with Crippen LogP contribution in [0.5, 0.6) is 5.75 Å². The first kappa shape index (κ1) is 31.6. The molecule has 0 aromatic heterocycles. The summed E-state index contributed by atoms with van der Waals surface area (Å²) in [5.41, 5.74) is 1.52. The molecule has 2 saturated heterocycles. The van der Waals surface area contributed by atoms with E-state index in [1.807, 2.05) is 60.7 Å². The molecule has 0 spiro atoms. The number of fused-ring (bicyclic) bond motifs is 2. The first-order chi connectivity index (χ1) is 21.8. The Balaban J connectivity index is 1.32. The molecule has 0 aliphatic carbocycles. The van der Waals surface area contributed by atoms with E-state index in [-0.39, 0.29) is 25.4 Å². The van der Waals surface area contributed by atoms with Crippen LogP contribution in [0.25, 0.3) is 0 Å². The quantitative estimate of drug-likeness (QED) is 0.156. The van der Waals surface area contributed by atoms with Gasteiger partial charge in [0.15, 0.2) is 23.0 Å². The van der Waals surface area contributed by atoms with Crippen LogP contribution in [-0.2, 0) is 44.4 Å². The molecule has 2 aliphatic heterocycles. The highest BCUT2D eigenvalue weighted by molar-refractivity contribution is 6.31. The maximum Gasteiger partial charge on any atom is 0.272 e. The Kier molecular flexibility index (Phi) is 9.49. The molecule has 2 aliphatic rings. The van der Waals surface area contributed by atoms with Gasteiger partial charge < -0.3 is 23.7 Å². The fourth-order valence-electron chi connectivity index (χ4n) is 6.04. The minimum atomic E-state index is -2.93. The number of hydrogen-bond acceptors (Lipinski definition) is 5. The molecule has 0 saturated carbocycles. The summed E-state index contributed by atoms with van der Waals surface area (Å²) in [6.45, 7) is 2.04. The molecular formula is C36H34ClF3O5. The van der Waals surface area contributed by atoms with Gasteiger partial charge in [0.1, 0.15) is 6.10 Å². The van der Waals surface area contributed by atoms with Crippen LogP contribution < -0.4 is 4.74 Å². The zero-order valence-corrected chi connectivity index (χ0v) is 25.5. The molecular weight excluding hydrogens is 605 g/mol. The maximum atomic E-state index is 15.1. The van der Waals surface area contributed by atoms with Gasteiger partial charge in [-0.05, 0) is 59.9 Å². The molecule has 6 rings (SSSR count). The van der Waals surface area contributed by atoms with Crippen molar-refractivity contribution in [3.05, 3.63) is 136 Å². The Morgan fingerprint density at radius 3 is 2.20 bits per heavy atom. The molecule has 0 radical (unpaired) electrons.